The number of methoxy groups -OCH3 is 1. The van der Waals surface area contributed by atoms with Gasteiger partial charge in [-0.1, -0.05) is 30.3 Å². The highest BCUT2D eigenvalue weighted by Crippen LogP contribution is 2.23. The third-order valence-electron chi connectivity index (χ3n) is 4.34. The van der Waals surface area contributed by atoms with Crippen LogP contribution in [0.25, 0.3) is 0 Å². The summed E-state index contributed by atoms with van der Waals surface area (Å²) in [6.45, 7) is 1.94. The van der Waals surface area contributed by atoms with Gasteiger partial charge in [-0.05, 0) is 36.2 Å². The van der Waals surface area contributed by atoms with Crippen molar-refractivity contribution in [1.29, 1.82) is 0 Å². The highest BCUT2D eigenvalue weighted by atomic mass is 32.2. The van der Waals surface area contributed by atoms with Gasteiger partial charge in [-0.15, -0.1) is 11.8 Å². The van der Waals surface area contributed by atoms with Gasteiger partial charge in [0.15, 0.2) is 0 Å². The van der Waals surface area contributed by atoms with Crippen molar-refractivity contribution in [3.8, 4) is 0 Å². The number of nitrogens with zero attached hydrogens (tertiary/aromatic N) is 1. The fourth-order valence-corrected chi connectivity index (χ4v) is 3.73. The van der Waals surface area contributed by atoms with Crippen LogP contribution >= 0.6 is 11.8 Å². The average Bonchev–Trinajstić information content (AvgIpc) is 3.12. The number of carbonyl (C=O) groups excluding carboxylic acids is 1. The number of rotatable bonds is 7. The van der Waals surface area contributed by atoms with E-state index >= 15 is 0 Å². The molecular formula is C20H24N2O2S. The fraction of sp³-hybridized carbons (Fsp3) is 0.350. The standard InChI is InChI=1S/C20H24N2O2S/c1-24-19-11-12-22(13-19)18-9-7-17(8-10-18)21-20(23)15-25-14-16-5-3-2-4-6-16/h2-10,19H,11-15H2,1H3,(H,21,23)/t19-/m1/s1. The Morgan fingerprint density at radius 3 is 2.64 bits per heavy atom. The SMILES string of the molecule is CO[C@@H]1CCN(c2ccc(NC(=O)CSCc3ccccc3)cc2)C1. The maximum absolute atomic E-state index is 12.1. The number of hydrogen-bond donors (Lipinski definition) is 1. The summed E-state index contributed by atoms with van der Waals surface area (Å²) in [5.74, 6) is 1.34. The van der Waals surface area contributed by atoms with Crippen LogP contribution in [0.15, 0.2) is 54.6 Å². The molecule has 1 saturated heterocycles. The lowest BCUT2D eigenvalue weighted by molar-refractivity contribution is -0.113. The summed E-state index contributed by atoms with van der Waals surface area (Å²) in [5, 5.41) is 2.96. The van der Waals surface area contributed by atoms with Crippen molar-refractivity contribution >= 4 is 29.0 Å². The van der Waals surface area contributed by atoms with Gasteiger partial charge >= 0.3 is 0 Å². The van der Waals surface area contributed by atoms with Crippen LogP contribution in [-0.2, 0) is 15.3 Å². The van der Waals surface area contributed by atoms with Crippen molar-refractivity contribution in [3.63, 3.8) is 0 Å². The Balaban J connectivity index is 1.44. The molecule has 4 nitrogen and oxygen atoms in total. The summed E-state index contributed by atoms with van der Waals surface area (Å²) in [6.07, 6.45) is 1.38. The van der Waals surface area contributed by atoms with Gasteiger partial charge in [0.2, 0.25) is 5.91 Å². The van der Waals surface area contributed by atoms with Gasteiger partial charge in [0.05, 0.1) is 11.9 Å². The van der Waals surface area contributed by atoms with Crippen molar-refractivity contribution in [2.45, 2.75) is 18.3 Å². The zero-order chi connectivity index (χ0) is 17.5. The van der Waals surface area contributed by atoms with Crippen molar-refractivity contribution in [2.24, 2.45) is 0 Å². The van der Waals surface area contributed by atoms with Gasteiger partial charge in [-0.25, -0.2) is 0 Å². The summed E-state index contributed by atoms with van der Waals surface area (Å²) < 4.78 is 5.41. The van der Waals surface area contributed by atoms with Crippen LogP contribution in [0, 0.1) is 0 Å². The Morgan fingerprint density at radius 1 is 1.20 bits per heavy atom. The summed E-state index contributed by atoms with van der Waals surface area (Å²) in [6, 6.07) is 18.3. The van der Waals surface area contributed by atoms with E-state index in [-0.39, 0.29) is 5.91 Å². The first-order valence-electron chi connectivity index (χ1n) is 8.54. The highest BCUT2D eigenvalue weighted by molar-refractivity contribution is 7.99. The first kappa shape index (κ1) is 17.8. The monoisotopic (exact) mass is 356 g/mol. The lowest BCUT2D eigenvalue weighted by Crippen LogP contribution is -2.22. The highest BCUT2D eigenvalue weighted by Gasteiger charge is 2.22. The largest absolute Gasteiger partial charge is 0.380 e. The van der Waals surface area contributed by atoms with Crippen LogP contribution < -0.4 is 10.2 Å². The van der Waals surface area contributed by atoms with Crippen LogP contribution in [0.5, 0.6) is 0 Å². The maximum atomic E-state index is 12.1. The number of ether oxygens (including phenoxy) is 1. The van der Waals surface area contributed by atoms with Gasteiger partial charge in [0.1, 0.15) is 0 Å². The molecule has 0 bridgehead atoms. The van der Waals surface area contributed by atoms with Gasteiger partial charge in [-0.3, -0.25) is 4.79 Å². The van der Waals surface area contributed by atoms with Crippen LogP contribution in [0.3, 0.4) is 0 Å². The quantitative estimate of drug-likeness (QED) is 0.820. The molecule has 0 radical (unpaired) electrons. The number of benzene rings is 2. The van der Waals surface area contributed by atoms with Gasteiger partial charge in [-0.2, -0.15) is 0 Å². The molecule has 132 valence electrons. The third-order valence-corrected chi connectivity index (χ3v) is 5.34. The van der Waals surface area contributed by atoms with Crippen molar-refractivity contribution < 1.29 is 9.53 Å². The number of carbonyl (C=O) groups is 1. The summed E-state index contributed by atoms with van der Waals surface area (Å²) in [7, 11) is 1.77. The van der Waals surface area contributed by atoms with E-state index in [1.54, 1.807) is 18.9 Å². The van der Waals surface area contributed by atoms with Crippen molar-refractivity contribution in [3.05, 3.63) is 60.2 Å². The minimum atomic E-state index is 0.0364. The molecule has 0 saturated carbocycles. The van der Waals surface area contributed by atoms with E-state index < -0.39 is 0 Å². The first-order valence-corrected chi connectivity index (χ1v) is 9.69. The van der Waals surface area contributed by atoms with Crippen molar-refractivity contribution in [2.75, 3.05) is 36.2 Å². The Morgan fingerprint density at radius 2 is 1.96 bits per heavy atom. The van der Waals surface area contributed by atoms with Gasteiger partial charge in [0.25, 0.3) is 0 Å². The molecular weight excluding hydrogens is 332 g/mol. The summed E-state index contributed by atoms with van der Waals surface area (Å²) in [4.78, 5) is 14.4. The maximum Gasteiger partial charge on any atom is 0.234 e. The molecule has 25 heavy (non-hydrogen) atoms. The molecule has 1 amide bonds. The molecule has 0 aliphatic carbocycles. The molecule has 0 spiro atoms. The lowest BCUT2D eigenvalue weighted by Gasteiger charge is -2.18. The second-order valence-electron chi connectivity index (χ2n) is 6.17. The molecule has 0 unspecified atom stereocenters. The van der Waals surface area contributed by atoms with Crippen LogP contribution in [0.1, 0.15) is 12.0 Å². The molecule has 3 rings (SSSR count). The minimum Gasteiger partial charge on any atom is -0.380 e. The first-order chi connectivity index (χ1) is 12.2. The Hall–Kier alpha value is -1.98. The van der Waals surface area contributed by atoms with E-state index in [0.717, 1.165) is 31.0 Å². The number of thioether (sulfide) groups is 1. The topological polar surface area (TPSA) is 41.6 Å². The van der Waals surface area contributed by atoms with E-state index in [0.29, 0.717) is 11.9 Å². The molecule has 1 aliphatic rings. The number of nitrogens with one attached hydrogen (secondary N) is 1. The van der Waals surface area contributed by atoms with Gasteiger partial charge in [0, 0.05) is 37.3 Å². The molecule has 1 N–H and O–H groups in total. The molecule has 1 atom stereocenters. The fourth-order valence-electron chi connectivity index (χ4n) is 2.94. The molecule has 1 heterocycles. The molecule has 1 fully saturated rings. The predicted octanol–water partition coefficient (Wildman–Crippen LogP) is 3.78. The van der Waals surface area contributed by atoms with Crippen LogP contribution in [0.4, 0.5) is 11.4 Å². The van der Waals surface area contributed by atoms with E-state index in [2.05, 4.69) is 34.5 Å². The Bertz CT molecular complexity index is 676. The third kappa shape index (κ3) is 5.25. The average molecular weight is 356 g/mol. The molecule has 2 aromatic rings. The molecule has 1 aliphatic heterocycles. The Kier molecular flexibility index (Phi) is 6.36. The van der Waals surface area contributed by atoms with Crippen LogP contribution in [0.2, 0.25) is 0 Å². The van der Waals surface area contributed by atoms with E-state index in [9.17, 15) is 4.79 Å². The molecule has 5 heteroatoms. The summed E-state index contributed by atoms with van der Waals surface area (Å²) in [5.41, 5.74) is 3.26. The van der Waals surface area contributed by atoms with Gasteiger partial charge < -0.3 is 15.0 Å². The predicted molar refractivity (Wildman–Crippen MR) is 105 cm³/mol. The second kappa shape index (κ2) is 8.92. The number of amides is 1. The molecule has 0 aromatic heterocycles. The normalized spacial score (nSPS) is 16.8. The second-order valence-corrected chi connectivity index (χ2v) is 7.15. The van der Waals surface area contributed by atoms with E-state index in [1.807, 2.05) is 30.3 Å². The van der Waals surface area contributed by atoms with E-state index in [4.69, 9.17) is 4.74 Å². The number of anilines is 2. The lowest BCUT2D eigenvalue weighted by atomic mass is 10.2. The smallest absolute Gasteiger partial charge is 0.234 e. The number of hydrogen-bond acceptors (Lipinski definition) is 4. The zero-order valence-corrected chi connectivity index (χ0v) is 15.3. The zero-order valence-electron chi connectivity index (χ0n) is 14.5. The summed E-state index contributed by atoms with van der Waals surface area (Å²) >= 11 is 1.63. The Labute approximate surface area is 153 Å². The minimum absolute atomic E-state index is 0.0364. The van der Waals surface area contributed by atoms with E-state index in [1.165, 1.54) is 11.3 Å². The van der Waals surface area contributed by atoms with Crippen LogP contribution in [-0.4, -0.2) is 38.0 Å². The van der Waals surface area contributed by atoms with Crippen molar-refractivity contribution in [1.82, 2.24) is 0 Å². The molecule has 2 aromatic carbocycles.